The molecule has 1 aromatic rings. The average Bonchev–Trinajstić information content (AvgIpc) is 2.94. The van der Waals surface area contributed by atoms with Crippen molar-refractivity contribution in [3.8, 4) is 0 Å². The van der Waals surface area contributed by atoms with Gasteiger partial charge in [-0.2, -0.15) is 0 Å². The molecule has 1 unspecified atom stereocenters. The van der Waals surface area contributed by atoms with E-state index in [1.807, 2.05) is 0 Å². The highest BCUT2D eigenvalue weighted by atomic mass is 16.4. The summed E-state index contributed by atoms with van der Waals surface area (Å²) in [7, 11) is 0. The molecule has 0 aromatic carbocycles. The summed E-state index contributed by atoms with van der Waals surface area (Å²) in [5, 5.41) is 10.3. The maximum atomic E-state index is 10.3. The normalized spacial score (nSPS) is 22.6. The summed E-state index contributed by atoms with van der Waals surface area (Å²) in [6.07, 6.45) is 8.44. The largest absolute Gasteiger partial charge is 0.467 e. The van der Waals surface area contributed by atoms with E-state index in [2.05, 4.69) is 6.92 Å². The minimum absolute atomic E-state index is 0.218. The molecule has 0 spiro atoms. The Bertz CT molecular complexity index is 330. The van der Waals surface area contributed by atoms with Crippen LogP contribution in [-0.2, 0) is 0 Å². The summed E-state index contributed by atoms with van der Waals surface area (Å²) in [6, 6.07) is 3.38. The zero-order chi connectivity index (χ0) is 13.0. The van der Waals surface area contributed by atoms with Crippen molar-refractivity contribution in [3.63, 3.8) is 0 Å². The second-order valence-electron chi connectivity index (χ2n) is 5.51. The Labute approximate surface area is 109 Å². The van der Waals surface area contributed by atoms with Gasteiger partial charge in [-0.15, -0.1) is 0 Å². The predicted octanol–water partition coefficient (Wildman–Crippen LogP) is 3.25. The summed E-state index contributed by atoms with van der Waals surface area (Å²) in [5.41, 5.74) is 6.28. The molecule has 3 N–H and O–H groups in total. The third-order valence-electron chi connectivity index (χ3n) is 4.42. The summed E-state index contributed by atoms with van der Waals surface area (Å²) >= 11 is 0. The molecule has 1 fully saturated rings. The quantitative estimate of drug-likeness (QED) is 0.844. The Kier molecular flexibility index (Phi) is 4.84. The molecule has 2 rings (SSSR count). The number of aliphatic hydroxyl groups is 1. The monoisotopic (exact) mass is 251 g/mol. The zero-order valence-corrected chi connectivity index (χ0v) is 11.2. The lowest BCUT2D eigenvalue weighted by Gasteiger charge is -2.35. The molecule has 1 aliphatic rings. The zero-order valence-electron chi connectivity index (χ0n) is 11.2. The summed E-state index contributed by atoms with van der Waals surface area (Å²) < 4.78 is 5.27. The molecule has 0 aliphatic heterocycles. The maximum absolute atomic E-state index is 10.3. The maximum Gasteiger partial charge on any atom is 0.133 e. The molecule has 0 radical (unpaired) electrons. The van der Waals surface area contributed by atoms with Crippen molar-refractivity contribution in [2.24, 2.45) is 17.6 Å². The van der Waals surface area contributed by atoms with Gasteiger partial charge in [-0.05, 0) is 24.0 Å². The van der Waals surface area contributed by atoms with Crippen LogP contribution in [0.4, 0.5) is 0 Å². The molecular formula is C15H25NO2. The predicted molar refractivity (Wildman–Crippen MR) is 72.0 cm³/mol. The molecule has 1 saturated carbocycles. The Morgan fingerprint density at radius 3 is 2.67 bits per heavy atom. The first kappa shape index (κ1) is 13.6. The Hall–Kier alpha value is -0.800. The second kappa shape index (κ2) is 6.39. The van der Waals surface area contributed by atoms with E-state index in [-0.39, 0.29) is 6.04 Å². The molecule has 0 amide bonds. The molecule has 1 heterocycles. The van der Waals surface area contributed by atoms with Gasteiger partial charge in [0, 0.05) is 6.04 Å². The fourth-order valence-corrected chi connectivity index (χ4v) is 3.37. The summed E-state index contributed by atoms with van der Waals surface area (Å²) in [5.74, 6) is 1.66. The topological polar surface area (TPSA) is 59.4 Å². The van der Waals surface area contributed by atoms with Crippen LogP contribution in [0.25, 0.3) is 0 Å². The molecular weight excluding hydrogens is 226 g/mol. The van der Waals surface area contributed by atoms with Gasteiger partial charge in [0.2, 0.25) is 0 Å². The van der Waals surface area contributed by atoms with E-state index in [1.165, 1.54) is 32.1 Å². The molecule has 18 heavy (non-hydrogen) atoms. The lowest BCUT2D eigenvalue weighted by Crippen LogP contribution is -2.40. The van der Waals surface area contributed by atoms with E-state index in [9.17, 15) is 5.11 Å². The third-order valence-corrected chi connectivity index (χ3v) is 4.42. The highest BCUT2D eigenvalue weighted by Crippen LogP contribution is 2.36. The number of nitrogens with two attached hydrogens (primary N) is 1. The van der Waals surface area contributed by atoms with Crippen molar-refractivity contribution in [1.82, 2.24) is 0 Å². The van der Waals surface area contributed by atoms with Crippen LogP contribution in [0.1, 0.15) is 57.3 Å². The minimum atomic E-state index is -0.674. The van der Waals surface area contributed by atoms with Crippen LogP contribution in [0.15, 0.2) is 22.8 Å². The molecule has 102 valence electrons. The van der Waals surface area contributed by atoms with Crippen LogP contribution >= 0.6 is 0 Å². The molecule has 3 nitrogen and oxygen atoms in total. The van der Waals surface area contributed by atoms with Gasteiger partial charge in [-0.3, -0.25) is 0 Å². The Morgan fingerprint density at radius 2 is 2.11 bits per heavy atom. The van der Waals surface area contributed by atoms with Crippen LogP contribution < -0.4 is 5.73 Å². The van der Waals surface area contributed by atoms with Gasteiger partial charge in [0.05, 0.1) is 6.26 Å². The van der Waals surface area contributed by atoms with Crippen molar-refractivity contribution < 1.29 is 9.52 Å². The molecule has 0 bridgehead atoms. The lowest BCUT2D eigenvalue weighted by atomic mass is 9.74. The van der Waals surface area contributed by atoms with Crippen molar-refractivity contribution in [1.29, 1.82) is 0 Å². The van der Waals surface area contributed by atoms with Crippen LogP contribution in [-0.4, -0.2) is 11.1 Å². The minimum Gasteiger partial charge on any atom is -0.467 e. The molecule has 3 atom stereocenters. The van der Waals surface area contributed by atoms with Gasteiger partial charge in [-0.1, -0.05) is 45.4 Å². The third kappa shape index (κ3) is 2.96. The SMILES string of the molecule is CCC(C1CCCCC1)[C@@H](N)[C@H](O)c1ccco1. The Balaban J connectivity index is 2.02. The van der Waals surface area contributed by atoms with E-state index in [4.69, 9.17) is 10.2 Å². The van der Waals surface area contributed by atoms with Crippen LogP contribution in [0, 0.1) is 11.8 Å². The van der Waals surface area contributed by atoms with Gasteiger partial charge >= 0.3 is 0 Å². The van der Waals surface area contributed by atoms with Crippen LogP contribution in [0.5, 0.6) is 0 Å². The average molecular weight is 251 g/mol. The number of hydrogen-bond acceptors (Lipinski definition) is 3. The van der Waals surface area contributed by atoms with E-state index in [0.717, 1.165) is 6.42 Å². The van der Waals surface area contributed by atoms with E-state index >= 15 is 0 Å². The lowest BCUT2D eigenvalue weighted by molar-refractivity contribution is 0.0681. The van der Waals surface area contributed by atoms with Crippen molar-refractivity contribution >= 4 is 0 Å². The standard InChI is InChI=1S/C15H25NO2/c1-2-12(11-7-4-3-5-8-11)14(16)15(17)13-9-6-10-18-13/h6,9-12,14-15,17H,2-5,7-8,16H2,1H3/t12?,14-,15-/m1/s1. The molecule has 1 aliphatic carbocycles. The van der Waals surface area contributed by atoms with Gasteiger partial charge in [0.15, 0.2) is 0 Å². The van der Waals surface area contributed by atoms with Crippen molar-refractivity contribution in [2.75, 3.05) is 0 Å². The molecule has 0 saturated heterocycles. The number of hydrogen-bond donors (Lipinski definition) is 2. The van der Waals surface area contributed by atoms with Crippen LogP contribution in [0.2, 0.25) is 0 Å². The number of furan rings is 1. The highest BCUT2D eigenvalue weighted by Gasteiger charge is 2.32. The second-order valence-corrected chi connectivity index (χ2v) is 5.51. The van der Waals surface area contributed by atoms with E-state index < -0.39 is 6.10 Å². The van der Waals surface area contributed by atoms with Gasteiger partial charge in [0.25, 0.3) is 0 Å². The summed E-state index contributed by atoms with van der Waals surface area (Å²) in [6.45, 7) is 2.17. The molecule has 1 aromatic heterocycles. The smallest absolute Gasteiger partial charge is 0.133 e. The number of rotatable bonds is 5. The fraction of sp³-hybridized carbons (Fsp3) is 0.733. The fourth-order valence-electron chi connectivity index (χ4n) is 3.37. The van der Waals surface area contributed by atoms with Gasteiger partial charge in [0.1, 0.15) is 11.9 Å². The Morgan fingerprint density at radius 1 is 1.39 bits per heavy atom. The van der Waals surface area contributed by atoms with Crippen LogP contribution in [0.3, 0.4) is 0 Å². The first-order valence-corrected chi connectivity index (χ1v) is 7.21. The van der Waals surface area contributed by atoms with E-state index in [1.54, 1.807) is 18.4 Å². The van der Waals surface area contributed by atoms with Crippen molar-refractivity contribution in [2.45, 2.75) is 57.6 Å². The number of aliphatic hydroxyl groups excluding tert-OH is 1. The highest BCUT2D eigenvalue weighted by molar-refractivity contribution is 5.05. The first-order chi connectivity index (χ1) is 8.74. The summed E-state index contributed by atoms with van der Waals surface area (Å²) in [4.78, 5) is 0. The van der Waals surface area contributed by atoms with Gasteiger partial charge in [-0.25, -0.2) is 0 Å². The van der Waals surface area contributed by atoms with E-state index in [0.29, 0.717) is 17.6 Å². The van der Waals surface area contributed by atoms with Gasteiger partial charge < -0.3 is 15.3 Å². The van der Waals surface area contributed by atoms with Crippen molar-refractivity contribution in [3.05, 3.63) is 24.2 Å². The first-order valence-electron chi connectivity index (χ1n) is 7.21. The molecule has 3 heteroatoms.